The molecule has 11 aromatic rings. The fourth-order valence-electron chi connectivity index (χ4n) is 8.56. The molecule has 4 nitrogen and oxygen atoms in total. The molecular formula is C57H39N3O. The largest absolute Gasteiger partial charge is 0.435 e. The number of anilines is 6. The van der Waals surface area contributed by atoms with Gasteiger partial charge in [0.15, 0.2) is 5.58 Å². The average Bonchev–Trinajstić information content (AvgIpc) is 3.80. The molecular weight excluding hydrogens is 743 g/mol. The smallest absolute Gasteiger partial charge is 0.227 e. The average molecular weight is 782 g/mol. The highest BCUT2D eigenvalue weighted by Gasteiger charge is 2.21. The van der Waals surface area contributed by atoms with Gasteiger partial charge in [0.25, 0.3) is 0 Å². The number of nitrogens with zero attached hydrogens (tertiary/aromatic N) is 3. The van der Waals surface area contributed by atoms with Gasteiger partial charge in [0, 0.05) is 50.5 Å². The summed E-state index contributed by atoms with van der Waals surface area (Å²) in [6, 6.07) is 83.3. The van der Waals surface area contributed by atoms with Crippen LogP contribution < -0.4 is 9.80 Å². The lowest BCUT2D eigenvalue weighted by molar-refractivity contribution is 0.623. The Morgan fingerprint density at radius 3 is 1.31 bits per heavy atom. The molecule has 0 aliphatic rings. The lowest BCUT2D eigenvalue weighted by atomic mass is 9.98. The highest BCUT2D eigenvalue weighted by atomic mass is 16.3. The van der Waals surface area contributed by atoms with Crippen molar-refractivity contribution in [3.8, 4) is 33.7 Å². The number of benzene rings is 10. The van der Waals surface area contributed by atoms with E-state index >= 15 is 0 Å². The number of hydrogen-bond donors (Lipinski definition) is 0. The summed E-state index contributed by atoms with van der Waals surface area (Å²) < 4.78 is 6.87. The molecule has 1 aromatic heterocycles. The van der Waals surface area contributed by atoms with Crippen LogP contribution in [0.4, 0.5) is 34.1 Å². The van der Waals surface area contributed by atoms with E-state index in [0.29, 0.717) is 5.89 Å². The Balaban J connectivity index is 1.04. The van der Waals surface area contributed by atoms with Crippen molar-refractivity contribution in [3.05, 3.63) is 237 Å². The molecule has 0 saturated carbocycles. The minimum atomic E-state index is 0.572. The molecule has 0 amide bonds. The van der Waals surface area contributed by atoms with Gasteiger partial charge in [-0.25, -0.2) is 4.98 Å². The van der Waals surface area contributed by atoms with E-state index in [1.807, 2.05) is 0 Å². The van der Waals surface area contributed by atoms with E-state index in [-0.39, 0.29) is 0 Å². The number of para-hydroxylation sites is 3. The van der Waals surface area contributed by atoms with Gasteiger partial charge < -0.3 is 14.2 Å². The summed E-state index contributed by atoms with van der Waals surface area (Å²) in [6.45, 7) is 0. The third-order valence-corrected chi connectivity index (χ3v) is 11.4. The molecule has 288 valence electrons. The Kier molecular flexibility index (Phi) is 9.14. The van der Waals surface area contributed by atoms with Gasteiger partial charge in [-0.1, -0.05) is 152 Å². The predicted molar refractivity (Wildman–Crippen MR) is 255 cm³/mol. The van der Waals surface area contributed by atoms with Crippen LogP contribution in [0.25, 0.3) is 66.4 Å². The second-order valence-corrected chi connectivity index (χ2v) is 15.2. The number of fused-ring (bicyclic) bond motifs is 6. The topological polar surface area (TPSA) is 32.5 Å². The zero-order valence-electron chi connectivity index (χ0n) is 33.3. The fraction of sp³-hybridized carbons (Fsp3) is 0. The van der Waals surface area contributed by atoms with E-state index in [2.05, 4.69) is 246 Å². The molecule has 0 aliphatic carbocycles. The van der Waals surface area contributed by atoms with E-state index in [0.717, 1.165) is 83.5 Å². The summed E-state index contributed by atoms with van der Waals surface area (Å²) in [6.07, 6.45) is 0. The molecule has 0 radical (unpaired) electrons. The highest BCUT2D eigenvalue weighted by molar-refractivity contribution is 6.23. The van der Waals surface area contributed by atoms with Gasteiger partial charge in [-0.05, 0) is 118 Å². The second kappa shape index (κ2) is 15.5. The first-order valence-corrected chi connectivity index (χ1v) is 20.6. The van der Waals surface area contributed by atoms with Crippen LogP contribution in [0.15, 0.2) is 241 Å². The predicted octanol–water partition coefficient (Wildman–Crippen LogP) is 16.1. The van der Waals surface area contributed by atoms with Crippen LogP contribution in [-0.2, 0) is 0 Å². The highest BCUT2D eigenvalue weighted by Crippen LogP contribution is 2.43. The van der Waals surface area contributed by atoms with Gasteiger partial charge in [-0.3, -0.25) is 0 Å². The number of hydrogen-bond acceptors (Lipinski definition) is 4. The van der Waals surface area contributed by atoms with Crippen LogP contribution in [0.5, 0.6) is 0 Å². The zero-order valence-corrected chi connectivity index (χ0v) is 33.3. The molecule has 10 aromatic carbocycles. The summed E-state index contributed by atoms with van der Waals surface area (Å²) in [7, 11) is 0. The van der Waals surface area contributed by atoms with E-state index in [1.54, 1.807) is 0 Å². The maximum absolute atomic E-state index is 6.87. The van der Waals surface area contributed by atoms with Crippen molar-refractivity contribution in [1.29, 1.82) is 0 Å². The van der Waals surface area contributed by atoms with Gasteiger partial charge in [-0.2, -0.15) is 0 Å². The van der Waals surface area contributed by atoms with Gasteiger partial charge in [0.2, 0.25) is 5.89 Å². The third kappa shape index (κ3) is 6.76. The van der Waals surface area contributed by atoms with Gasteiger partial charge in [0.05, 0.1) is 0 Å². The lowest BCUT2D eigenvalue weighted by Crippen LogP contribution is -2.10. The van der Waals surface area contributed by atoms with Crippen molar-refractivity contribution < 1.29 is 4.42 Å². The number of oxazole rings is 1. The van der Waals surface area contributed by atoms with Crippen LogP contribution in [0.2, 0.25) is 0 Å². The van der Waals surface area contributed by atoms with Crippen molar-refractivity contribution >= 4 is 66.8 Å². The maximum Gasteiger partial charge on any atom is 0.227 e. The third-order valence-electron chi connectivity index (χ3n) is 11.4. The Morgan fingerprint density at radius 1 is 0.279 bits per heavy atom. The van der Waals surface area contributed by atoms with E-state index in [4.69, 9.17) is 9.40 Å². The Morgan fingerprint density at radius 2 is 0.689 bits per heavy atom. The molecule has 4 heteroatoms. The maximum atomic E-state index is 6.87. The van der Waals surface area contributed by atoms with E-state index in [9.17, 15) is 0 Å². The molecule has 0 bridgehead atoms. The zero-order chi connectivity index (χ0) is 40.5. The van der Waals surface area contributed by atoms with Crippen LogP contribution in [0.1, 0.15) is 0 Å². The van der Waals surface area contributed by atoms with Crippen molar-refractivity contribution in [1.82, 2.24) is 4.98 Å². The summed E-state index contributed by atoms with van der Waals surface area (Å²) in [5.74, 6) is 0.572. The summed E-state index contributed by atoms with van der Waals surface area (Å²) in [4.78, 5) is 9.93. The molecule has 11 rings (SSSR count). The number of rotatable bonds is 9. The summed E-state index contributed by atoms with van der Waals surface area (Å²) in [5.41, 5.74) is 13.5. The molecule has 0 aliphatic heterocycles. The minimum absolute atomic E-state index is 0.572. The van der Waals surface area contributed by atoms with Crippen LogP contribution in [-0.4, -0.2) is 4.98 Å². The molecule has 0 fully saturated rings. The van der Waals surface area contributed by atoms with Crippen LogP contribution >= 0.6 is 0 Å². The molecule has 0 spiro atoms. The quantitative estimate of drug-likeness (QED) is 0.137. The Labute approximate surface area is 354 Å². The first-order valence-electron chi connectivity index (χ1n) is 20.6. The monoisotopic (exact) mass is 781 g/mol. The molecule has 0 saturated heterocycles. The van der Waals surface area contributed by atoms with E-state index in [1.165, 1.54) is 11.1 Å². The number of aromatic nitrogens is 1. The summed E-state index contributed by atoms with van der Waals surface area (Å²) in [5, 5.41) is 4.33. The SMILES string of the molecule is c1ccc(-c2cccc(-c3cccc(N(c4ccccc4)c4cccc(-c5nc6c7cc(N(c8ccccc8)c8ccccc8)ccc7c7ccccc7c6o5)c4)c3)c2)cc1. The fourth-order valence-corrected chi connectivity index (χ4v) is 8.56. The first kappa shape index (κ1) is 35.9. The Bertz CT molecular complexity index is 3270. The van der Waals surface area contributed by atoms with Crippen molar-refractivity contribution in [3.63, 3.8) is 0 Å². The minimum Gasteiger partial charge on any atom is -0.435 e. The first-order chi connectivity index (χ1) is 30.2. The van der Waals surface area contributed by atoms with Gasteiger partial charge in [0.1, 0.15) is 5.52 Å². The lowest BCUT2D eigenvalue weighted by Gasteiger charge is -2.26. The normalized spacial score (nSPS) is 11.3. The van der Waals surface area contributed by atoms with Gasteiger partial charge in [-0.15, -0.1) is 0 Å². The van der Waals surface area contributed by atoms with Gasteiger partial charge >= 0.3 is 0 Å². The molecule has 0 atom stereocenters. The van der Waals surface area contributed by atoms with Crippen LogP contribution in [0, 0.1) is 0 Å². The second-order valence-electron chi connectivity index (χ2n) is 15.2. The van der Waals surface area contributed by atoms with E-state index < -0.39 is 0 Å². The molecule has 61 heavy (non-hydrogen) atoms. The van der Waals surface area contributed by atoms with Crippen molar-refractivity contribution in [2.24, 2.45) is 0 Å². The molecule has 1 heterocycles. The van der Waals surface area contributed by atoms with Crippen molar-refractivity contribution in [2.75, 3.05) is 9.80 Å². The standard InChI is InChI=1S/C57H39N3O/c1-5-18-40(19-6-1)41-20-15-21-42(36-41)43-22-16-30-48(37-43)60(47-28-11-4-12-29-47)49-31-17-23-44(38-49)57-58-55-54-39-50(34-35-52(54)51-32-13-14-33-53(51)56(55)61-57)59(45-24-7-2-8-25-45)46-26-9-3-10-27-46/h1-39H. The summed E-state index contributed by atoms with van der Waals surface area (Å²) >= 11 is 0. The van der Waals surface area contributed by atoms with Crippen molar-refractivity contribution in [2.45, 2.75) is 0 Å². The Hall–Kier alpha value is -8.21. The van der Waals surface area contributed by atoms with Crippen LogP contribution in [0.3, 0.4) is 0 Å². The molecule has 0 N–H and O–H groups in total. The molecule has 0 unspecified atom stereocenters.